The number of primary amides is 1. The van der Waals surface area contributed by atoms with Crippen LogP contribution in [0.25, 0.3) is 0 Å². The predicted octanol–water partition coefficient (Wildman–Crippen LogP) is -0.891. The Morgan fingerprint density at radius 1 is 1.10 bits per heavy atom. The fourth-order valence-corrected chi connectivity index (χ4v) is 1.58. The molecular weight excluding hydrogens is 268 g/mol. The molecule has 3 N–H and O–H groups in total. The zero-order chi connectivity index (χ0) is 15.7. The summed E-state index contributed by atoms with van der Waals surface area (Å²) >= 11 is 0. The smallest absolute Gasteiger partial charge is 0.312 e. The minimum Gasteiger partial charge on any atom is -0.466 e. The highest BCUT2D eigenvalue weighted by atomic mass is 16.5. The molecule has 0 aliphatic carbocycles. The van der Waals surface area contributed by atoms with Gasteiger partial charge in [-0.3, -0.25) is 19.2 Å². The summed E-state index contributed by atoms with van der Waals surface area (Å²) in [6, 6.07) is -1.32. The Balaban J connectivity index is 5.13. The number of hydrogen-bond donors (Lipinski definition) is 2. The summed E-state index contributed by atoms with van der Waals surface area (Å²) < 4.78 is 9.51. The monoisotopic (exact) mass is 288 g/mol. The van der Waals surface area contributed by atoms with Crippen molar-refractivity contribution >= 4 is 23.8 Å². The quantitative estimate of drug-likeness (QED) is 0.558. The second-order valence-corrected chi connectivity index (χ2v) is 3.95. The average Bonchev–Trinajstić information content (AvgIpc) is 2.33. The largest absolute Gasteiger partial charge is 0.466 e. The Morgan fingerprint density at radius 2 is 1.65 bits per heavy atom. The van der Waals surface area contributed by atoms with Crippen molar-refractivity contribution in [2.75, 3.05) is 13.2 Å². The summed E-state index contributed by atoms with van der Waals surface area (Å²) in [5, 5.41) is 2.24. The number of nitrogens with two attached hydrogens (primary N) is 1. The zero-order valence-electron chi connectivity index (χ0n) is 11.8. The summed E-state index contributed by atoms with van der Waals surface area (Å²) in [5.41, 5.74) is 5.16. The molecule has 8 heteroatoms. The molecule has 0 aromatic carbocycles. The number of esters is 2. The van der Waals surface area contributed by atoms with Crippen molar-refractivity contribution in [2.24, 2.45) is 11.7 Å². The van der Waals surface area contributed by atoms with Crippen molar-refractivity contribution in [2.45, 2.75) is 33.2 Å². The number of carbonyl (C=O) groups excluding carboxylic acids is 4. The van der Waals surface area contributed by atoms with E-state index in [2.05, 4.69) is 5.32 Å². The molecule has 0 aliphatic heterocycles. The maximum absolute atomic E-state index is 11.8. The molecule has 2 amide bonds. The first-order valence-electron chi connectivity index (χ1n) is 6.22. The van der Waals surface area contributed by atoms with Crippen LogP contribution in [-0.2, 0) is 28.7 Å². The summed E-state index contributed by atoms with van der Waals surface area (Å²) in [4.78, 5) is 45.7. The van der Waals surface area contributed by atoms with E-state index in [9.17, 15) is 19.2 Å². The van der Waals surface area contributed by atoms with Crippen molar-refractivity contribution in [1.82, 2.24) is 5.32 Å². The molecule has 0 unspecified atom stereocenters. The van der Waals surface area contributed by atoms with Crippen LogP contribution in [0.5, 0.6) is 0 Å². The van der Waals surface area contributed by atoms with E-state index in [4.69, 9.17) is 15.2 Å². The van der Waals surface area contributed by atoms with Crippen LogP contribution in [0.4, 0.5) is 0 Å². The Bertz CT molecular complexity index is 382. The minimum absolute atomic E-state index is 0.0731. The van der Waals surface area contributed by atoms with Gasteiger partial charge in [-0.1, -0.05) is 0 Å². The van der Waals surface area contributed by atoms with Gasteiger partial charge in [0.15, 0.2) is 0 Å². The SMILES string of the molecule is CCOC(=O)C[C@H](C(=O)OCC)[C@@H](NC(C)=O)C(N)=O. The van der Waals surface area contributed by atoms with Gasteiger partial charge in [0.1, 0.15) is 6.04 Å². The molecule has 0 spiro atoms. The lowest BCUT2D eigenvalue weighted by atomic mass is 9.95. The van der Waals surface area contributed by atoms with Gasteiger partial charge in [-0.25, -0.2) is 0 Å². The van der Waals surface area contributed by atoms with Gasteiger partial charge in [-0.05, 0) is 13.8 Å². The lowest BCUT2D eigenvalue weighted by molar-refractivity contribution is -0.157. The molecular formula is C12H20N2O6. The van der Waals surface area contributed by atoms with Crippen molar-refractivity contribution < 1.29 is 28.7 Å². The fraction of sp³-hybridized carbons (Fsp3) is 0.667. The Hall–Kier alpha value is -2.12. The number of nitrogens with one attached hydrogen (secondary N) is 1. The molecule has 0 heterocycles. The lowest BCUT2D eigenvalue weighted by Gasteiger charge is -2.22. The maximum atomic E-state index is 11.8. The van der Waals surface area contributed by atoms with E-state index in [0.717, 1.165) is 0 Å². The predicted molar refractivity (Wildman–Crippen MR) is 68.2 cm³/mol. The van der Waals surface area contributed by atoms with E-state index in [1.165, 1.54) is 6.92 Å². The van der Waals surface area contributed by atoms with E-state index in [0.29, 0.717) is 0 Å². The molecule has 0 bridgehead atoms. The first-order valence-corrected chi connectivity index (χ1v) is 6.22. The van der Waals surface area contributed by atoms with E-state index < -0.39 is 42.1 Å². The van der Waals surface area contributed by atoms with Crippen molar-refractivity contribution in [3.63, 3.8) is 0 Å². The molecule has 0 rings (SSSR count). The van der Waals surface area contributed by atoms with Crippen LogP contribution in [0.2, 0.25) is 0 Å². The summed E-state index contributed by atoms with van der Waals surface area (Å²) in [6.07, 6.45) is -0.402. The van der Waals surface area contributed by atoms with Gasteiger partial charge in [0, 0.05) is 6.92 Å². The molecule has 8 nitrogen and oxygen atoms in total. The lowest BCUT2D eigenvalue weighted by Crippen LogP contribution is -2.51. The summed E-state index contributed by atoms with van der Waals surface area (Å²) in [7, 11) is 0. The minimum atomic E-state index is -1.32. The third-order valence-electron chi connectivity index (χ3n) is 2.35. The highest BCUT2D eigenvalue weighted by Gasteiger charge is 2.36. The molecule has 0 aromatic heterocycles. The first-order chi connectivity index (χ1) is 9.33. The molecule has 0 aliphatic rings. The molecule has 20 heavy (non-hydrogen) atoms. The molecule has 0 radical (unpaired) electrons. The highest BCUT2D eigenvalue weighted by Crippen LogP contribution is 2.13. The third-order valence-corrected chi connectivity index (χ3v) is 2.35. The number of carbonyl (C=O) groups is 4. The van der Waals surface area contributed by atoms with E-state index >= 15 is 0 Å². The van der Waals surface area contributed by atoms with E-state index in [1.54, 1.807) is 13.8 Å². The topological polar surface area (TPSA) is 125 Å². The third kappa shape index (κ3) is 6.17. The van der Waals surface area contributed by atoms with E-state index in [-0.39, 0.29) is 13.2 Å². The van der Waals surface area contributed by atoms with Gasteiger partial charge in [0.2, 0.25) is 11.8 Å². The first kappa shape index (κ1) is 17.9. The molecule has 0 saturated carbocycles. The van der Waals surface area contributed by atoms with Gasteiger partial charge in [0.25, 0.3) is 0 Å². The standard InChI is InChI=1S/C12H20N2O6/c1-4-19-9(16)6-8(12(18)20-5-2)10(11(13)17)14-7(3)15/h8,10H,4-6H2,1-3H3,(H2,13,17)(H,14,15)/t8-,10+/m0/s1. The van der Waals surface area contributed by atoms with Gasteiger partial charge < -0.3 is 20.5 Å². The summed E-state index contributed by atoms with van der Waals surface area (Å²) in [5.74, 6) is -4.16. The maximum Gasteiger partial charge on any atom is 0.312 e. The van der Waals surface area contributed by atoms with Gasteiger partial charge >= 0.3 is 11.9 Å². The second-order valence-electron chi connectivity index (χ2n) is 3.95. The summed E-state index contributed by atoms with van der Waals surface area (Å²) in [6.45, 7) is 4.57. The average molecular weight is 288 g/mol. The number of rotatable bonds is 8. The Labute approximate surface area is 117 Å². The van der Waals surface area contributed by atoms with Crippen molar-refractivity contribution in [1.29, 1.82) is 0 Å². The van der Waals surface area contributed by atoms with Gasteiger partial charge in [-0.2, -0.15) is 0 Å². The van der Waals surface area contributed by atoms with E-state index in [1.807, 2.05) is 0 Å². The second kappa shape index (κ2) is 8.89. The molecule has 2 atom stereocenters. The van der Waals surface area contributed by atoms with Crippen LogP contribution < -0.4 is 11.1 Å². The highest BCUT2D eigenvalue weighted by molar-refractivity contribution is 5.92. The number of ether oxygens (including phenoxy) is 2. The van der Waals surface area contributed by atoms with Gasteiger partial charge in [-0.15, -0.1) is 0 Å². The molecule has 0 fully saturated rings. The van der Waals surface area contributed by atoms with Crippen LogP contribution in [0.15, 0.2) is 0 Å². The number of hydrogen-bond acceptors (Lipinski definition) is 6. The van der Waals surface area contributed by atoms with Crippen LogP contribution in [0.3, 0.4) is 0 Å². The zero-order valence-corrected chi connectivity index (χ0v) is 11.8. The Kier molecular flexibility index (Phi) is 7.95. The van der Waals surface area contributed by atoms with Crippen LogP contribution in [0, 0.1) is 5.92 Å². The molecule has 0 aromatic rings. The van der Waals surface area contributed by atoms with Crippen LogP contribution >= 0.6 is 0 Å². The Morgan fingerprint density at radius 3 is 2.05 bits per heavy atom. The van der Waals surface area contributed by atoms with Crippen LogP contribution in [-0.4, -0.2) is 43.0 Å². The van der Waals surface area contributed by atoms with Crippen LogP contribution in [0.1, 0.15) is 27.2 Å². The normalized spacial score (nSPS) is 12.9. The number of amides is 2. The fourth-order valence-electron chi connectivity index (χ4n) is 1.58. The molecule has 114 valence electrons. The van der Waals surface area contributed by atoms with Crippen molar-refractivity contribution in [3.05, 3.63) is 0 Å². The van der Waals surface area contributed by atoms with Crippen molar-refractivity contribution in [3.8, 4) is 0 Å². The molecule has 0 saturated heterocycles. The van der Waals surface area contributed by atoms with Gasteiger partial charge in [0.05, 0.1) is 25.6 Å².